The summed E-state index contributed by atoms with van der Waals surface area (Å²) >= 11 is 0. The molecule has 2 aromatic heterocycles. The molecule has 212 valence electrons. The van der Waals surface area contributed by atoms with E-state index in [9.17, 15) is 28.0 Å². The van der Waals surface area contributed by atoms with Crippen molar-refractivity contribution < 1.29 is 28.3 Å². The molecule has 1 aromatic carbocycles. The monoisotopic (exact) mass is 556 g/mol. The molecule has 0 fully saturated rings. The second kappa shape index (κ2) is 12.4. The van der Waals surface area contributed by atoms with E-state index in [1.807, 2.05) is 0 Å². The summed E-state index contributed by atoms with van der Waals surface area (Å²) in [6.07, 6.45) is 3.09. The average Bonchev–Trinajstić information content (AvgIpc) is 3.30. The Labute approximate surface area is 228 Å². The van der Waals surface area contributed by atoms with E-state index in [1.54, 1.807) is 20.2 Å². The topological polar surface area (TPSA) is 149 Å². The number of imidazole rings is 1. The smallest absolute Gasteiger partial charge is 0.405 e. The average molecular weight is 557 g/mol. The first-order valence-electron chi connectivity index (χ1n) is 12.2. The van der Waals surface area contributed by atoms with Gasteiger partial charge in [0.25, 0.3) is 11.5 Å². The van der Waals surface area contributed by atoms with Crippen LogP contribution >= 0.6 is 0 Å². The maximum Gasteiger partial charge on any atom is 0.405 e. The fraction of sp³-hybridized carbons (Fsp3) is 0.296. The maximum atomic E-state index is 14.7. The number of likely N-dealkylation sites (N-methyl/N-ethyl adjacent to an activating group) is 1. The van der Waals surface area contributed by atoms with Gasteiger partial charge in [0, 0.05) is 20.3 Å². The van der Waals surface area contributed by atoms with E-state index >= 15 is 0 Å². The molecule has 3 amide bonds. The minimum absolute atomic E-state index is 0.0342. The van der Waals surface area contributed by atoms with Crippen molar-refractivity contribution in [1.29, 1.82) is 0 Å². The molecule has 3 aromatic rings. The minimum atomic E-state index is -3.30. The molecular weight excluding hydrogens is 526 g/mol. The van der Waals surface area contributed by atoms with Crippen LogP contribution < -0.4 is 16.2 Å². The molecule has 11 nitrogen and oxygen atoms in total. The molecule has 4 N–H and O–H groups in total. The predicted octanol–water partition coefficient (Wildman–Crippen LogP) is 3.44. The van der Waals surface area contributed by atoms with Gasteiger partial charge in [-0.05, 0) is 49.6 Å². The fourth-order valence-corrected chi connectivity index (χ4v) is 3.79. The number of hydrogen-bond donors (Lipinski definition) is 4. The third kappa shape index (κ3) is 6.98. The predicted molar refractivity (Wildman–Crippen MR) is 145 cm³/mol. The van der Waals surface area contributed by atoms with Gasteiger partial charge in [0.1, 0.15) is 17.6 Å². The number of allylic oxidation sites excluding steroid dienone is 2. The minimum Gasteiger partial charge on any atom is -0.465 e. The van der Waals surface area contributed by atoms with Gasteiger partial charge in [-0.2, -0.15) is 8.78 Å². The SMILES string of the molecule is C=C(C)C(F)(F)c1cccc2[nH]c(Cn3cccc(NC(=O)C(CCC=CC(=O)N(C)C)NC(=O)O)c3=O)nc12. The molecule has 2 heterocycles. The summed E-state index contributed by atoms with van der Waals surface area (Å²) in [7, 11) is 3.16. The molecule has 0 spiro atoms. The van der Waals surface area contributed by atoms with Gasteiger partial charge >= 0.3 is 6.09 Å². The number of para-hydroxylation sites is 1. The van der Waals surface area contributed by atoms with E-state index in [1.165, 1.54) is 59.0 Å². The van der Waals surface area contributed by atoms with Gasteiger partial charge in [-0.1, -0.05) is 24.8 Å². The maximum absolute atomic E-state index is 14.7. The number of H-pyrrole nitrogens is 1. The number of amides is 3. The number of aromatic amines is 1. The van der Waals surface area contributed by atoms with Crippen LogP contribution in [-0.4, -0.2) is 62.6 Å². The number of aromatic nitrogens is 3. The first-order valence-corrected chi connectivity index (χ1v) is 12.2. The van der Waals surface area contributed by atoms with Gasteiger partial charge in [-0.3, -0.25) is 14.4 Å². The summed E-state index contributed by atoms with van der Waals surface area (Å²) in [5.74, 6) is -4.09. The molecule has 1 atom stereocenters. The molecule has 0 saturated carbocycles. The number of carbonyl (C=O) groups is 3. The number of hydrogen-bond acceptors (Lipinski definition) is 5. The van der Waals surface area contributed by atoms with Crippen molar-refractivity contribution in [1.82, 2.24) is 24.8 Å². The Kier molecular flexibility index (Phi) is 9.19. The molecule has 0 aliphatic carbocycles. The van der Waals surface area contributed by atoms with Gasteiger partial charge < -0.3 is 30.2 Å². The van der Waals surface area contributed by atoms with Crippen molar-refractivity contribution in [3.8, 4) is 0 Å². The number of nitrogens with zero attached hydrogens (tertiary/aromatic N) is 3. The number of nitrogens with one attached hydrogen (secondary N) is 3. The van der Waals surface area contributed by atoms with Crippen LogP contribution in [-0.2, 0) is 22.1 Å². The molecule has 0 saturated heterocycles. The lowest BCUT2D eigenvalue weighted by molar-refractivity contribution is -0.123. The Bertz CT molecular complexity index is 1530. The fourth-order valence-electron chi connectivity index (χ4n) is 3.79. The van der Waals surface area contributed by atoms with Gasteiger partial charge in [-0.25, -0.2) is 9.78 Å². The number of anilines is 1. The number of halogens is 2. The second-order valence-electron chi connectivity index (χ2n) is 9.30. The molecule has 3 rings (SSSR count). The van der Waals surface area contributed by atoms with Crippen LogP contribution in [0.4, 0.5) is 19.3 Å². The number of alkyl halides is 2. The van der Waals surface area contributed by atoms with Gasteiger partial charge in [0.05, 0.1) is 23.1 Å². The highest BCUT2D eigenvalue weighted by molar-refractivity contribution is 5.96. The zero-order valence-corrected chi connectivity index (χ0v) is 22.2. The van der Waals surface area contributed by atoms with Crippen molar-refractivity contribution in [2.45, 2.75) is 38.3 Å². The first kappa shape index (κ1) is 29.7. The molecule has 0 radical (unpaired) electrons. The number of carboxylic acid groups (broad SMARTS) is 1. The second-order valence-corrected chi connectivity index (χ2v) is 9.30. The van der Waals surface area contributed by atoms with E-state index in [0.717, 1.165) is 0 Å². The lowest BCUT2D eigenvalue weighted by atomic mass is 10.0. The van der Waals surface area contributed by atoms with Crippen LogP contribution in [0.15, 0.2) is 65.6 Å². The highest BCUT2D eigenvalue weighted by atomic mass is 19.3. The third-order valence-corrected chi connectivity index (χ3v) is 5.97. The summed E-state index contributed by atoms with van der Waals surface area (Å²) in [6.45, 7) is 4.48. The number of rotatable bonds is 11. The molecule has 13 heteroatoms. The Balaban J connectivity index is 1.79. The lowest BCUT2D eigenvalue weighted by Crippen LogP contribution is -2.44. The summed E-state index contributed by atoms with van der Waals surface area (Å²) in [5, 5.41) is 13.7. The highest BCUT2D eigenvalue weighted by Crippen LogP contribution is 2.37. The Morgan fingerprint density at radius 3 is 2.62 bits per heavy atom. The van der Waals surface area contributed by atoms with E-state index in [2.05, 4.69) is 27.2 Å². The van der Waals surface area contributed by atoms with Crippen molar-refractivity contribution in [2.75, 3.05) is 19.4 Å². The summed E-state index contributed by atoms with van der Waals surface area (Å²) < 4.78 is 30.6. The van der Waals surface area contributed by atoms with E-state index in [4.69, 9.17) is 5.11 Å². The number of pyridine rings is 1. The van der Waals surface area contributed by atoms with Crippen LogP contribution in [0.2, 0.25) is 0 Å². The van der Waals surface area contributed by atoms with Crippen LogP contribution in [0.3, 0.4) is 0 Å². The standard InChI is InChI=1S/C27H30F2N6O5/c1-16(2)27(28,29)17-9-7-11-18-23(17)33-21(30-18)15-35-14-8-12-20(25(35)38)31-24(37)19(32-26(39)40)10-5-6-13-22(36)34(3)4/h6-9,11-14,19,32H,1,5,10,15H2,2-4H3,(H,30,33)(H,31,37)(H,39,40). The van der Waals surface area contributed by atoms with E-state index in [-0.39, 0.29) is 53.5 Å². The zero-order chi connectivity index (χ0) is 29.6. The van der Waals surface area contributed by atoms with Crippen molar-refractivity contribution >= 4 is 34.6 Å². The Morgan fingerprint density at radius 1 is 1.25 bits per heavy atom. The van der Waals surface area contributed by atoms with Gasteiger partial charge in [0.15, 0.2) is 0 Å². The highest BCUT2D eigenvalue weighted by Gasteiger charge is 2.35. The normalized spacial score (nSPS) is 12.3. The Hall–Kier alpha value is -4.81. The molecular formula is C27H30F2N6O5. The molecule has 0 bridgehead atoms. The lowest BCUT2D eigenvalue weighted by Gasteiger charge is -2.16. The molecule has 1 unspecified atom stereocenters. The van der Waals surface area contributed by atoms with Gasteiger partial charge in [0.2, 0.25) is 11.8 Å². The number of carbonyl (C=O) groups excluding carboxylic acids is 2. The van der Waals surface area contributed by atoms with Crippen LogP contribution in [0, 0.1) is 0 Å². The quantitative estimate of drug-likeness (QED) is 0.210. The van der Waals surface area contributed by atoms with Crippen molar-refractivity contribution in [2.24, 2.45) is 0 Å². The number of benzene rings is 1. The molecule has 0 aliphatic rings. The molecule has 40 heavy (non-hydrogen) atoms. The van der Waals surface area contributed by atoms with E-state index < -0.39 is 29.5 Å². The summed E-state index contributed by atoms with van der Waals surface area (Å²) in [4.78, 5) is 57.3. The van der Waals surface area contributed by atoms with Crippen LogP contribution in [0.5, 0.6) is 0 Å². The van der Waals surface area contributed by atoms with Crippen LogP contribution in [0.25, 0.3) is 11.0 Å². The number of fused-ring (bicyclic) bond motifs is 1. The Morgan fingerprint density at radius 2 is 1.98 bits per heavy atom. The van der Waals surface area contributed by atoms with Gasteiger partial charge in [-0.15, -0.1) is 0 Å². The van der Waals surface area contributed by atoms with Crippen LogP contribution in [0.1, 0.15) is 31.2 Å². The largest absolute Gasteiger partial charge is 0.465 e. The summed E-state index contributed by atoms with van der Waals surface area (Å²) in [6, 6.07) is 5.97. The third-order valence-electron chi connectivity index (χ3n) is 5.97. The summed E-state index contributed by atoms with van der Waals surface area (Å²) in [5.41, 5.74) is -0.978. The van der Waals surface area contributed by atoms with Crippen molar-refractivity contribution in [3.63, 3.8) is 0 Å². The van der Waals surface area contributed by atoms with Crippen molar-refractivity contribution in [3.05, 3.63) is 82.6 Å². The van der Waals surface area contributed by atoms with E-state index in [0.29, 0.717) is 5.52 Å². The zero-order valence-electron chi connectivity index (χ0n) is 22.2. The first-order chi connectivity index (χ1) is 18.8. The molecule has 0 aliphatic heterocycles.